The number of rotatable bonds is 8. The number of thiazole rings is 1. The third-order valence-corrected chi connectivity index (χ3v) is 8.48. The molecule has 2 fully saturated rings. The first-order chi connectivity index (χ1) is 19.1. The fraction of sp³-hybridized carbons (Fsp3) is 0.462. The van der Waals surface area contributed by atoms with Crippen molar-refractivity contribution in [3.63, 3.8) is 0 Å². The number of piperidine rings is 1. The Kier molecular flexibility index (Phi) is 8.18. The van der Waals surface area contributed by atoms with Crippen LogP contribution in [0.5, 0.6) is 0 Å². The van der Waals surface area contributed by atoms with Gasteiger partial charge < -0.3 is 19.9 Å². The zero-order chi connectivity index (χ0) is 28.6. The largest absolute Gasteiger partial charge is 0.481 e. The van der Waals surface area contributed by atoms with Crippen LogP contribution < -0.4 is 5.32 Å². The van der Waals surface area contributed by atoms with Crippen LogP contribution in [0, 0.1) is 11.7 Å². The van der Waals surface area contributed by atoms with Crippen LogP contribution in [0.15, 0.2) is 46.0 Å². The molecule has 3 aliphatic rings. The number of carbonyl (C=O) groups excluding carboxylic acids is 1. The molecule has 2 saturated heterocycles. The quantitative estimate of drug-likeness (QED) is 0.438. The molecule has 5 rings (SSSR count). The van der Waals surface area contributed by atoms with Crippen molar-refractivity contribution in [1.82, 2.24) is 15.2 Å². The third-order valence-electron chi connectivity index (χ3n) is 7.30. The van der Waals surface area contributed by atoms with Crippen molar-refractivity contribution in [2.45, 2.75) is 43.8 Å². The van der Waals surface area contributed by atoms with Gasteiger partial charge in [-0.3, -0.25) is 9.69 Å². The SMILES string of the molecule is CCOC(=O)C1=C(CN2C3COCC2C(F)(F)[C@@H](CC(=O)O)C3)N=C(c2nccs2)N[C@H]1c1cccc(F)c1Cl. The molecule has 0 radical (unpaired) electrons. The Hall–Kier alpha value is -3.00. The Labute approximate surface area is 236 Å². The number of hydrogen-bond acceptors (Lipinski definition) is 9. The van der Waals surface area contributed by atoms with E-state index in [1.807, 2.05) is 0 Å². The van der Waals surface area contributed by atoms with Crippen LogP contribution in [-0.4, -0.2) is 77.1 Å². The Morgan fingerprint density at radius 2 is 2.15 bits per heavy atom. The van der Waals surface area contributed by atoms with Gasteiger partial charge in [-0.05, 0) is 19.4 Å². The van der Waals surface area contributed by atoms with E-state index in [2.05, 4.69) is 15.3 Å². The maximum atomic E-state index is 15.6. The molecule has 0 spiro atoms. The number of ether oxygens (including phenoxy) is 2. The van der Waals surface area contributed by atoms with Crippen LogP contribution in [0.1, 0.15) is 36.4 Å². The molecule has 0 amide bonds. The van der Waals surface area contributed by atoms with Crippen LogP contribution in [0.3, 0.4) is 0 Å². The average molecular weight is 599 g/mol. The number of benzene rings is 1. The predicted octanol–water partition coefficient (Wildman–Crippen LogP) is 4.04. The van der Waals surface area contributed by atoms with Gasteiger partial charge in [0.05, 0.1) is 54.6 Å². The number of halogens is 4. The number of hydrogen-bond donors (Lipinski definition) is 2. The van der Waals surface area contributed by atoms with Gasteiger partial charge in [0, 0.05) is 35.6 Å². The first kappa shape index (κ1) is 28.5. The highest BCUT2D eigenvalue weighted by Gasteiger charge is 2.58. The lowest BCUT2D eigenvalue weighted by Gasteiger charge is -2.52. The Bertz CT molecular complexity index is 1360. The van der Waals surface area contributed by atoms with E-state index >= 15 is 8.78 Å². The number of alkyl halides is 2. The smallest absolute Gasteiger partial charge is 0.338 e. The minimum absolute atomic E-state index is 0.00428. The summed E-state index contributed by atoms with van der Waals surface area (Å²) in [5, 5.41) is 14.3. The minimum Gasteiger partial charge on any atom is -0.481 e. The number of aliphatic carboxylic acids is 1. The van der Waals surface area contributed by atoms with Gasteiger partial charge in [-0.1, -0.05) is 23.7 Å². The molecule has 2 bridgehead atoms. The molecule has 0 aliphatic carbocycles. The number of carbonyl (C=O) groups is 2. The summed E-state index contributed by atoms with van der Waals surface area (Å²) in [6.07, 6.45) is 0.785. The van der Waals surface area contributed by atoms with E-state index in [0.717, 1.165) is 0 Å². The summed E-state index contributed by atoms with van der Waals surface area (Å²) in [5.74, 6) is -7.23. The molecule has 40 heavy (non-hydrogen) atoms. The maximum Gasteiger partial charge on any atom is 0.338 e. The van der Waals surface area contributed by atoms with Crippen LogP contribution in [0.25, 0.3) is 0 Å². The molecule has 2 unspecified atom stereocenters. The van der Waals surface area contributed by atoms with E-state index in [1.54, 1.807) is 24.6 Å². The molecule has 9 nitrogen and oxygen atoms in total. The van der Waals surface area contributed by atoms with Crippen molar-refractivity contribution in [1.29, 1.82) is 0 Å². The summed E-state index contributed by atoms with van der Waals surface area (Å²) in [7, 11) is 0. The number of aliphatic imine (C=N–C) groups is 1. The second-order valence-corrected chi connectivity index (χ2v) is 11.0. The van der Waals surface area contributed by atoms with E-state index in [9.17, 15) is 19.1 Å². The van der Waals surface area contributed by atoms with Crippen molar-refractivity contribution >= 4 is 40.7 Å². The summed E-state index contributed by atoms with van der Waals surface area (Å²) in [6.45, 7) is 1.26. The van der Waals surface area contributed by atoms with Gasteiger partial charge in [-0.2, -0.15) is 0 Å². The number of fused-ring (bicyclic) bond motifs is 2. The molecule has 0 saturated carbocycles. The number of morpholine rings is 1. The summed E-state index contributed by atoms with van der Waals surface area (Å²) < 4.78 is 56.6. The number of esters is 1. The lowest BCUT2D eigenvalue weighted by Crippen LogP contribution is -2.66. The fourth-order valence-corrected chi connectivity index (χ4v) is 6.32. The molecular weight excluding hydrogens is 573 g/mol. The van der Waals surface area contributed by atoms with E-state index in [4.69, 9.17) is 21.1 Å². The first-order valence-corrected chi connectivity index (χ1v) is 13.9. The van der Waals surface area contributed by atoms with Crippen LogP contribution in [-0.2, 0) is 19.1 Å². The predicted molar refractivity (Wildman–Crippen MR) is 140 cm³/mol. The van der Waals surface area contributed by atoms with Crippen molar-refractivity contribution in [2.75, 3.05) is 26.4 Å². The highest BCUT2D eigenvalue weighted by Crippen LogP contribution is 2.45. The van der Waals surface area contributed by atoms with Crippen LogP contribution in [0.4, 0.5) is 13.2 Å². The zero-order valence-corrected chi connectivity index (χ0v) is 22.9. The Balaban J connectivity index is 1.62. The van der Waals surface area contributed by atoms with Crippen molar-refractivity contribution in [3.05, 3.63) is 62.5 Å². The minimum atomic E-state index is -3.38. The Morgan fingerprint density at radius 1 is 1.35 bits per heavy atom. The summed E-state index contributed by atoms with van der Waals surface area (Å²) >= 11 is 7.61. The number of carboxylic acid groups (broad SMARTS) is 1. The van der Waals surface area contributed by atoms with Crippen molar-refractivity contribution in [2.24, 2.45) is 10.9 Å². The van der Waals surface area contributed by atoms with Gasteiger partial charge in [-0.15, -0.1) is 11.3 Å². The summed E-state index contributed by atoms with van der Waals surface area (Å²) in [4.78, 5) is 35.1. The molecule has 4 heterocycles. The van der Waals surface area contributed by atoms with E-state index < -0.39 is 54.1 Å². The number of nitrogens with one attached hydrogen (secondary N) is 1. The summed E-state index contributed by atoms with van der Waals surface area (Å²) in [6, 6.07) is 1.19. The second-order valence-electron chi connectivity index (χ2n) is 9.68. The molecule has 2 N–H and O–H groups in total. The number of nitrogens with zero attached hydrogens (tertiary/aromatic N) is 3. The first-order valence-electron chi connectivity index (χ1n) is 12.6. The van der Waals surface area contributed by atoms with Gasteiger partial charge >= 0.3 is 11.9 Å². The number of aromatic nitrogens is 1. The fourth-order valence-electron chi connectivity index (χ4n) is 5.49. The van der Waals surface area contributed by atoms with Crippen LogP contribution >= 0.6 is 22.9 Å². The molecule has 214 valence electrons. The van der Waals surface area contributed by atoms with Crippen molar-refractivity contribution in [3.8, 4) is 0 Å². The van der Waals surface area contributed by atoms with Gasteiger partial charge in [0.25, 0.3) is 5.92 Å². The van der Waals surface area contributed by atoms with Gasteiger partial charge in [0.1, 0.15) is 5.82 Å². The van der Waals surface area contributed by atoms with E-state index in [0.29, 0.717) is 5.01 Å². The van der Waals surface area contributed by atoms with E-state index in [1.165, 1.54) is 28.4 Å². The van der Waals surface area contributed by atoms with Gasteiger partial charge in [0.15, 0.2) is 10.8 Å². The zero-order valence-electron chi connectivity index (χ0n) is 21.3. The van der Waals surface area contributed by atoms with Gasteiger partial charge in [0.2, 0.25) is 0 Å². The molecule has 3 aliphatic heterocycles. The Morgan fingerprint density at radius 3 is 2.85 bits per heavy atom. The lowest BCUT2D eigenvalue weighted by atomic mass is 9.79. The lowest BCUT2D eigenvalue weighted by molar-refractivity contribution is -0.219. The molecule has 1 aromatic carbocycles. The molecule has 4 atom stereocenters. The standard InChI is InChI=1S/C26H26ClF3N4O5S/c1-2-39-25(37)20-17(10-34-14-8-13(9-19(35)36)26(29,30)18(34)12-38-11-14)32-23(24-31-6-7-40-24)33-22(20)15-4-3-5-16(28)21(15)27/h3-7,13-14,18,22H,2,8-12H2,1H3,(H,32,33)(H,35,36)/t13-,14?,18?,22+/m1/s1. The van der Waals surface area contributed by atoms with Gasteiger partial charge in [-0.25, -0.2) is 27.9 Å². The molecule has 1 aromatic heterocycles. The monoisotopic (exact) mass is 598 g/mol. The topological polar surface area (TPSA) is 113 Å². The highest BCUT2D eigenvalue weighted by atomic mass is 35.5. The van der Waals surface area contributed by atoms with Crippen LogP contribution in [0.2, 0.25) is 5.02 Å². The normalized spacial score (nSPS) is 26.2. The average Bonchev–Trinajstić information content (AvgIpc) is 3.44. The third kappa shape index (κ3) is 5.35. The molecule has 2 aromatic rings. The molecular formula is C26H26ClF3N4O5S. The summed E-state index contributed by atoms with van der Waals surface area (Å²) in [5.41, 5.74) is 0.377. The second kappa shape index (κ2) is 11.5. The molecule has 14 heteroatoms. The highest BCUT2D eigenvalue weighted by molar-refractivity contribution is 7.11. The van der Waals surface area contributed by atoms with Crippen molar-refractivity contribution < 1.29 is 37.3 Å². The number of carboxylic acids is 1. The maximum absolute atomic E-state index is 15.6. The van der Waals surface area contributed by atoms with E-state index in [-0.39, 0.29) is 60.5 Å². The number of amidine groups is 1.